The van der Waals surface area contributed by atoms with Gasteiger partial charge in [-0.05, 0) is 18.6 Å². The molecule has 1 aromatic carbocycles. The van der Waals surface area contributed by atoms with Gasteiger partial charge in [0.25, 0.3) is 0 Å². The van der Waals surface area contributed by atoms with Gasteiger partial charge in [0.15, 0.2) is 0 Å². The van der Waals surface area contributed by atoms with Crippen molar-refractivity contribution in [2.75, 3.05) is 18.4 Å². The minimum atomic E-state index is -0.884. The smallest absolute Gasteiger partial charge is 0.319 e. The van der Waals surface area contributed by atoms with Gasteiger partial charge >= 0.3 is 6.03 Å². The van der Waals surface area contributed by atoms with E-state index in [0.717, 1.165) is 18.6 Å². The normalized spacial score (nSPS) is 9.84. The Kier molecular flexibility index (Phi) is 5.72. The van der Waals surface area contributed by atoms with Crippen LogP contribution < -0.4 is 16.0 Å². The zero-order valence-electron chi connectivity index (χ0n) is 10.4. The summed E-state index contributed by atoms with van der Waals surface area (Å²) in [5.41, 5.74) is -0.547. The number of para-hydroxylation sites is 1. The highest BCUT2D eigenvalue weighted by atomic mass is 19.1. The highest BCUT2D eigenvalue weighted by molar-refractivity contribution is 5.92. The van der Waals surface area contributed by atoms with E-state index in [0.29, 0.717) is 6.54 Å². The molecule has 3 amide bonds. The first kappa shape index (κ1) is 14.9. The van der Waals surface area contributed by atoms with Gasteiger partial charge in [-0.2, -0.15) is 0 Å². The number of anilines is 1. The summed E-state index contributed by atoms with van der Waals surface area (Å²) in [4.78, 5) is 22.6. The van der Waals surface area contributed by atoms with Gasteiger partial charge < -0.3 is 16.0 Å². The molecule has 0 saturated heterocycles. The van der Waals surface area contributed by atoms with E-state index in [1.165, 1.54) is 6.07 Å². The summed E-state index contributed by atoms with van der Waals surface area (Å²) in [6.45, 7) is 2.13. The van der Waals surface area contributed by atoms with Crippen molar-refractivity contribution in [3.63, 3.8) is 0 Å². The van der Waals surface area contributed by atoms with Crippen LogP contribution in [0, 0.1) is 11.6 Å². The van der Waals surface area contributed by atoms with Crippen LogP contribution in [0.5, 0.6) is 0 Å². The summed E-state index contributed by atoms with van der Waals surface area (Å²) in [5, 5.41) is 6.75. The number of nitrogens with one attached hydrogen (secondary N) is 3. The number of carbonyl (C=O) groups excluding carboxylic acids is 2. The lowest BCUT2D eigenvalue weighted by molar-refractivity contribution is -0.120. The van der Waals surface area contributed by atoms with Crippen molar-refractivity contribution in [2.45, 2.75) is 13.3 Å². The molecule has 7 heteroatoms. The molecule has 19 heavy (non-hydrogen) atoms. The van der Waals surface area contributed by atoms with Gasteiger partial charge in [0.2, 0.25) is 5.91 Å². The first-order chi connectivity index (χ1) is 9.04. The second-order valence-electron chi connectivity index (χ2n) is 3.75. The second kappa shape index (κ2) is 7.30. The Bertz CT molecular complexity index is 446. The molecular formula is C12H15F2N3O2. The fourth-order valence-corrected chi connectivity index (χ4v) is 1.26. The zero-order chi connectivity index (χ0) is 14.3. The molecule has 0 bridgehead atoms. The van der Waals surface area contributed by atoms with Crippen molar-refractivity contribution in [2.24, 2.45) is 0 Å². The Morgan fingerprint density at radius 3 is 2.37 bits per heavy atom. The summed E-state index contributed by atoms with van der Waals surface area (Å²) < 4.78 is 26.4. The van der Waals surface area contributed by atoms with Crippen LogP contribution in [0.2, 0.25) is 0 Å². The quantitative estimate of drug-likeness (QED) is 0.761. The summed E-state index contributed by atoms with van der Waals surface area (Å²) in [7, 11) is 0. The fraction of sp³-hybridized carbons (Fsp3) is 0.333. The SMILES string of the molecule is CCCNC(=O)CNC(=O)Nc1c(F)cccc1F. The van der Waals surface area contributed by atoms with Crippen molar-refractivity contribution in [1.29, 1.82) is 0 Å². The van der Waals surface area contributed by atoms with E-state index in [4.69, 9.17) is 0 Å². The van der Waals surface area contributed by atoms with Gasteiger partial charge in [0.1, 0.15) is 17.3 Å². The molecule has 0 fully saturated rings. The average Bonchev–Trinajstić information content (AvgIpc) is 2.38. The van der Waals surface area contributed by atoms with E-state index < -0.39 is 23.4 Å². The lowest BCUT2D eigenvalue weighted by atomic mass is 10.3. The molecule has 3 N–H and O–H groups in total. The maximum atomic E-state index is 13.2. The van der Waals surface area contributed by atoms with Crippen molar-refractivity contribution in [1.82, 2.24) is 10.6 Å². The van der Waals surface area contributed by atoms with Gasteiger partial charge in [-0.3, -0.25) is 4.79 Å². The van der Waals surface area contributed by atoms with Crippen LogP contribution in [0.1, 0.15) is 13.3 Å². The molecule has 0 aliphatic heterocycles. The second-order valence-corrected chi connectivity index (χ2v) is 3.75. The summed E-state index contributed by atoms with van der Waals surface area (Å²) in [6.07, 6.45) is 0.776. The fourth-order valence-electron chi connectivity index (χ4n) is 1.26. The third-order valence-corrected chi connectivity index (χ3v) is 2.18. The number of halogens is 2. The minimum Gasteiger partial charge on any atom is -0.355 e. The summed E-state index contributed by atoms with van der Waals surface area (Å²) in [5.74, 6) is -2.14. The van der Waals surface area contributed by atoms with Gasteiger partial charge in [-0.15, -0.1) is 0 Å². The molecule has 0 spiro atoms. The van der Waals surface area contributed by atoms with Crippen LogP contribution in [0.25, 0.3) is 0 Å². The van der Waals surface area contributed by atoms with Crippen molar-refractivity contribution < 1.29 is 18.4 Å². The van der Waals surface area contributed by atoms with Crippen LogP contribution in [0.15, 0.2) is 18.2 Å². The van der Waals surface area contributed by atoms with E-state index in [1.807, 2.05) is 12.2 Å². The van der Waals surface area contributed by atoms with Gasteiger partial charge in [0, 0.05) is 6.54 Å². The number of benzene rings is 1. The monoisotopic (exact) mass is 271 g/mol. The Balaban J connectivity index is 2.45. The third kappa shape index (κ3) is 4.90. The van der Waals surface area contributed by atoms with Crippen LogP contribution >= 0.6 is 0 Å². The van der Waals surface area contributed by atoms with Gasteiger partial charge in [-0.1, -0.05) is 13.0 Å². The summed E-state index contributed by atoms with van der Waals surface area (Å²) >= 11 is 0. The average molecular weight is 271 g/mol. The van der Waals surface area contributed by atoms with Crippen molar-refractivity contribution in [3.8, 4) is 0 Å². The first-order valence-corrected chi connectivity index (χ1v) is 5.80. The number of hydrogen-bond donors (Lipinski definition) is 3. The number of amides is 3. The molecule has 0 saturated carbocycles. The maximum absolute atomic E-state index is 13.2. The highest BCUT2D eigenvalue weighted by Crippen LogP contribution is 2.17. The molecule has 0 aliphatic rings. The molecule has 0 unspecified atom stereocenters. The Morgan fingerprint density at radius 2 is 1.79 bits per heavy atom. The molecule has 0 radical (unpaired) electrons. The summed E-state index contributed by atoms with van der Waals surface area (Å²) in [6, 6.07) is 2.38. The van der Waals surface area contributed by atoms with E-state index >= 15 is 0 Å². The first-order valence-electron chi connectivity index (χ1n) is 5.80. The van der Waals surface area contributed by atoms with Gasteiger partial charge in [-0.25, -0.2) is 13.6 Å². The molecule has 0 aliphatic carbocycles. The molecular weight excluding hydrogens is 256 g/mol. The lowest BCUT2D eigenvalue weighted by Crippen LogP contribution is -2.39. The standard InChI is InChI=1S/C12H15F2N3O2/c1-2-6-15-10(18)7-16-12(19)17-11-8(13)4-3-5-9(11)14/h3-5H,2,6-7H2,1H3,(H,15,18)(H2,16,17,19). The van der Waals surface area contributed by atoms with Gasteiger partial charge in [0.05, 0.1) is 6.54 Å². The van der Waals surface area contributed by atoms with Crippen LogP contribution in [-0.4, -0.2) is 25.0 Å². The van der Waals surface area contributed by atoms with E-state index in [9.17, 15) is 18.4 Å². The lowest BCUT2D eigenvalue weighted by Gasteiger charge is -2.09. The molecule has 1 rings (SSSR count). The molecule has 104 valence electrons. The third-order valence-electron chi connectivity index (χ3n) is 2.18. The minimum absolute atomic E-state index is 0.262. The van der Waals surface area contributed by atoms with E-state index in [2.05, 4.69) is 10.6 Å². The molecule has 0 atom stereocenters. The predicted octanol–water partition coefficient (Wildman–Crippen LogP) is 1.61. The Morgan fingerprint density at radius 1 is 1.16 bits per heavy atom. The van der Waals surface area contributed by atoms with Crippen LogP contribution in [-0.2, 0) is 4.79 Å². The Hall–Kier alpha value is -2.18. The maximum Gasteiger partial charge on any atom is 0.319 e. The van der Waals surface area contributed by atoms with E-state index in [1.54, 1.807) is 0 Å². The topological polar surface area (TPSA) is 70.2 Å². The van der Waals surface area contributed by atoms with Crippen LogP contribution in [0.3, 0.4) is 0 Å². The molecule has 1 aromatic rings. The van der Waals surface area contributed by atoms with E-state index in [-0.39, 0.29) is 12.5 Å². The molecule has 0 heterocycles. The van der Waals surface area contributed by atoms with Crippen molar-refractivity contribution in [3.05, 3.63) is 29.8 Å². The zero-order valence-corrected chi connectivity index (χ0v) is 10.4. The number of rotatable bonds is 5. The molecule has 5 nitrogen and oxygen atoms in total. The highest BCUT2D eigenvalue weighted by Gasteiger charge is 2.12. The number of urea groups is 1. The van der Waals surface area contributed by atoms with Crippen LogP contribution in [0.4, 0.5) is 19.3 Å². The Labute approximate surface area is 109 Å². The molecule has 0 aromatic heterocycles. The largest absolute Gasteiger partial charge is 0.355 e. The van der Waals surface area contributed by atoms with Crippen molar-refractivity contribution >= 4 is 17.6 Å². The number of carbonyl (C=O) groups is 2. The predicted molar refractivity (Wildman–Crippen MR) is 66.7 cm³/mol. The number of hydrogen-bond acceptors (Lipinski definition) is 2.